The van der Waals surface area contributed by atoms with Crippen LogP contribution in [0.4, 0.5) is 0 Å². The van der Waals surface area contributed by atoms with E-state index in [2.05, 4.69) is 32.9 Å². The second kappa shape index (κ2) is 15.8. The van der Waals surface area contributed by atoms with Crippen molar-refractivity contribution in [2.24, 2.45) is 0 Å². The number of ether oxygens (including phenoxy) is 1. The minimum absolute atomic E-state index is 0.453. The van der Waals surface area contributed by atoms with E-state index in [1.165, 1.54) is 64.2 Å². The standard InChI is InChI=1S/C18H36O/c1-4-6-7-8-9-10-11-12-13-14-15-16-18(3)19-17-5-2/h10-11,18H,4-9,12-17H2,1-3H3/b11-10-. The fraction of sp³-hybridized carbons (Fsp3) is 0.889. The van der Waals surface area contributed by atoms with E-state index in [9.17, 15) is 0 Å². The Kier molecular flexibility index (Phi) is 15.5. The topological polar surface area (TPSA) is 9.23 Å². The largest absolute Gasteiger partial charge is 0.379 e. The third kappa shape index (κ3) is 15.6. The van der Waals surface area contributed by atoms with Crippen LogP contribution in [0.1, 0.15) is 91.4 Å². The van der Waals surface area contributed by atoms with Crippen molar-refractivity contribution in [3.63, 3.8) is 0 Å². The second-order valence-electron chi connectivity index (χ2n) is 5.64. The summed E-state index contributed by atoms with van der Waals surface area (Å²) in [7, 11) is 0. The predicted molar refractivity (Wildman–Crippen MR) is 86.7 cm³/mol. The van der Waals surface area contributed by atoms with E-state index in [0.29, 0.717) is 6.10 Å². The lowest BCUT2D eigenvalue weighted by Gasteiger charge is -2.11. The first-order chi connectivity index (χ1) is 9.31. The third-order valence-corrected chi connectivity index (χ3v) is 3.48. The average molecular weight is 268 g/mol. The van der Waals surface area contributed by atoms with E-state index in [1.807, 2.05) is 0 Å². The first kappa shape index (κ1) is 18.7. The third-order valence-electron chi connectivity index (χ3n) is 3.48. The Morgan fingerprint density at radius 1 is 0.789 bits per heavy atom. The van der Waals surface area contributed by atoms with Crippen molar-refractivity contribution in [2.45, 2.75) is 97.5 Å². The van der Waals surface area contributed by atoms with E-state index in [0.717, 1.165) is 13.0 Å². The van der Waals surface area contributed by atoms with Gasteiger partial charge in [-0.1, -0.05) is 58.1 Å². The van der Waals surface area contributed by atoms with Crippen molar-refractivity contribution in [3.8, 4) is 0 Å². The summed E-state index contributed by atoms with van der Waals surface area (Å²) in [5.41, 5.74) is 0. The number of unbranched alkanes of at least 4 members (excludes halogenated alkanes) is 7. The molecule has 0 rings (SSSR count). The average Bonchev–Trinajstić information content (AvgIpc) is 2.42. The molecule has 0 aliphatic rings. The molecule has 19 heavy (non-hydrogen) atoms. The van der Waals surface area contributed by atoms with Crippen LogP contribution in [0.25, 0.3) is 0 Å². The van der Waals surface area contributed by atoms with Gasteiger partial charge in [0, 0.05) is 6.61 Å². The molecule has 0 heterocycles. The molecule has 0 saturated heterocycles. The first-order valence-electron chi connectivity index (χ1n) is 8.57. The summed E-state index contributed by atoms with van der Waals surface area (Å²) in [5.74, 6) is 0. The van der Waals surface area contributed by atoms with Gasteiger partial charge in [-0.05, 0) is 45.4 Å². The van der Waals surface area contributed by atoms with Crippen LogP contribution in [0.3, 0.4) is 0 Å². The summed E-state index contributed by atoms with van der Waals surface area (Å²) < 4.78 is 5.67. The fourth-order valence-electron chi connectivity index (χ4n) is 2.20. The van der Waals surface area contributed by atoms with E-state index in [4.69, 9.17) is 4.74 Å². The number of hydrogen-bond acceptors (Lipinski definition) is 1. The lowest BCUT2D eigenvalue weighted by molar-refractivity contribution is 0.0590. The molecule has 0 spiro atoms. The summed E-state index contributed by atoms with van der Waals surface area (Å²) in [6, 6.07) is 0. The summed E-state index contributed by atoms with van der Waals surface area (Å²) in [6.07, 6.45) is 19.6. The van der Waals surface area contributed by atoms with Crippen molar-refractivity contribution in [1.29, 1.82) is 0 Å². The molecule has 0 aliphatic carbocycles. The minimum atomic E-state index is 0.453. The van der Waals surface area contributed by atoms with E-state index in [-0.39, 0.29) is 0 Å². The van der Waals surface area contributed by atoms with Gasteiger partial charge in [0.2, 0.25) is 0 Å². The molecule has 1 unspecified atom stereocenters. The van der Waals surface area contributed by atoms with Crippen LogP contribution in [-0.2, 0) is 4.74 Å². The lowest BCUT2D eigenvalue weighted by Crippen LogP contribution is -2.08. The Hall–Kier alpha value is -0.300. The van der Waals surface area contributed by atoms with Crippen LogP contribution in [0.5, 0.6) is 0 Å². The van der Waals surface area contributed by atoms with E-state index in [1.54, 1.807) is 0 Å². The molecule has 0 N–H and O–H groups in total. The highest BCUT2D eigenvalue weighted by molar-refractivity contribution is 4.81. The maximum atomic E-state index is 5.67. The van der Waals surface area contributed by atoms with Gasteiger partial charge >= 0.3 is 0 Å². The van der Waals surface area contributed by atoms with Gasteiger partial charge in [0.15, 0.2) is 0 Å². The summed E-state index contributed by atoms with van der Waals surface area (Å²) >= 11 is 0. The lowest BCUT2D eigenvalue weighted by atomic mass is 10.1. The highest BCUT2D eigenvalue weighted by Gasteiger charge is 2.00. The maximum absolute atomic E-state index is 5.67. The van der Waals surface area contributed by atoms with Crippen LogP contribution < -0.4 is 0 Å². The molecule has 0 bridgehead atoms. The monoisotopic (exact) mass is 268 g/mol. The van der Waals surface area contributed by atoms with Gasteiger partial charge in [0.1, 0.15) is 0 Å². The van der Waals surface area contributed by atoms with Crippen molar-refractivity contribution in [2.75, 3.05) is 6.61 Å². The molecule has 0 aliphatic heterocycles. The Morgan fingerprint density at radius 2 is 1.42 bits per heavy atom. The van der Waals surface area contributed by atoms with E-state index >= 15 is 0 Å². The zero-order valence-electron chi connectivity index (χ0n) is 13.6. The normalized spacial score (nSPS) is 13.2. The molecule has 0 radical (unpaired) electrons. The van der Waals surface area contributed by atoms with Gasteiger partial charge in [-0.3, -0.25) is 0 Å². The molecule has 0 saturated carbocycles. The Labute approximate surface area is 121 Å². The fourth-order valence-corrected chi connectivity index (χ4v) is 2.20. The second-order valence-corrected chi connectivity index (χ2v) is 5.64. The molecule has 0 aromatic heterocycles. The zero-order valence-corrected chi connectivity index (χ0v) is 13.6. The van der Waals surface area contributed by atoms with Crippen LogP contribution in [0.2, 0.25) is 0 Å². The van der Waals surface area contributed by atoms with Gasteiger partial charge in [-0.25, -0.2) is 0 Å². The quantitative estimate of drug-likeness (QED) is 0.266. The molecule has 1 heteroatoms. The van der Waals surface area contributed by atoms with Gasteiger partial charge in [-0.15, -0.1) is 0 Å². The number of hydrogen-bond donors (Lipinski definition) is 0. The van der Waals surface area contributed by atoms with Gasteiger partial charge < -0.3 is 4.74 Å². The van der Waals surface area contributed by atoms with Crippen LogP contribution in [0.15, 0.2) is 12.2 Å². The van der Waals surface area contributed by atoms with Crippen LogP contribution in [-0.4, -0.2) is 12.7 Å². The molecular weight excluding hydrogens is 232 g/mol. The molecule has 114 valence electrons. The van der Waals surface area contributed by atoms with Gasteiger partial charge in [0.25, 0.3) is 0 Å². The number of allylic oxidation sites excluding steroid dienone is 2. The Morgan fingerprint density at radius 3 is 2.00 bits per heavy atom. The summed E-state index contributed by atoms with van der Waals surface area (Å²) in [6.45, 7) is 7.55. The molecule has 0 fully saturated rings. The van der Waals surface area contributed by atoms with Crippen molar-refractivity contribution >= 4 is 0 Å². The molecule has 1 nitrogen and oxygen atoms in total. The first-order valence-corrected chi connectivity index (χ1v) is 8.57. The molecule has 0 amide bonds. The Bertz CT molecular complexity index is 186. The van der Waals surface area contributed by atoms with Crippen molar-refractivity contribution in [3.05, 3.63) is 12.2 Å². The van der Waals surface area contributed by atoms with Crippen molar-refractivity contribution < 1.29 is 4.74 Å². The van der Waals surface area contributed by atoms with Crippen LogP contribution in [0, 0.1) is 0 Å². The molecule has 0 aromatic carbocycles. The van der Waals surface area contributed by atoms with Gasteiger partial charge in [-0.2, -0.15) is 0 Å². The number of rotatable bonds is 14. The van der Waals surface area contributed by atoms with E-state index < -0.39 is 0 Å². The smallest absolute Gasteiger partial charge is 0.0547 e. The highest BCUT2D eigenvalue weighted by Crippen LogP contribution is 2.09. The highest BCUT2D eigenvalue weighted by atomic mass is 16.5. The molecule has 0 aromatic rings. The summed E-state index contributed by atoms with van der Waals surface area (Å²) in [5, 5.41) is 0. The minimum Gasteiger partial charge on any atom is -0.379 e. The predicted octanol–water partition coefficient (Wildman–Crippen LogP) is 6.28. The molecular formula is C18H36O. The Balaban J connectivity index is 3.15. The SMILES string of the molecule is CCCCCC/C=C\CCCCCC(C)OCCC. The van der Waals surface area contributed by atoms with Crippen LogP contribution >= 0.6 is 0 Å². The zero-order chi connectivity index (χ0) is 14.2. The van der Waals surface area contributed by atoms with Crippen molar-refractivity contribution in [1.82, 2.24) is 0 Å². The maximum Gasteiger partial charge on any atom is 0.0547 e. The molecule has 1 atom stereocenters. The summed E-state index contributed by atoms with van der Waals surface area (Å²) in [4.78, 5) is 0. The van der Waals surface area contributed by atoms with Gasteiger partial charge in [0.05, 0.1) is 6.10 Å².